The molecule has 0 spiro atoms. The number of aromatic amines is 1. The van der Waals surface area contributed by atoms with Gasteiger partial charge in [0.1, 0.15) is 28.3 Å². The Morgan fingerprint density at radius 1 is 1.23 bits per heavy atom. The number of aromatic nitrogens is 6. The molecule has 1 aliphatic rings. The van der Waals surface area contributed by atoms with Gasteiger partial charge in [0.15, 0.2) is 5.82 Å². The van der Waals surface area contributed by atoms with Crippen LogP contribution >= 0.6 is 11.6 Å². The van der Waals surface area contributed by atoms with Gasteiger partial charge >= 0.3 is 0 Å². The Hall–Kier alpha value is -3.73. The van der Waals surface area contributed by atoms with Crippen molar-refractivity contribution in [3.8, 4) is 5.82 Å². The Balaban J connectivity index is 1.73. The molecule has 158 valence electrons. The van der Waals surface area contributed by atoms with Crippen LogP contribution in [0, 0.1) is 11.7 Å². The van der Waals surface area contributed by atoms with Gasteiger partial charge in [-0.3, -0.25) is 9.89 Å². The first-order chi connectivity index (χ1) is 14.9. The molecule has 1 saturated carbocycles. The maximum atomic E-state index is 13.8. The number of nitrogens with zero attached hydrogens (tertiary/aromatic N) is 5. The van der Waals surface area contributed by atoms with Crippen molar-refractivity contribution in [2.24, 2.45) is 5.92 Å². The molecule has 0 amide bonds. The fourth-order valence-electron chi connectivity index (χ4n) is 3.54. The van der Waals surface area contributed by atoms with Crippen molar-refractivity contribution in [3.63, 3.8) is 0 Å². The van der Waals surface area contributed by atoms with Crippen molar-refractivity contribution in [2.45, 2.75) is 18.9 Å². The number of hydrogen-bond acceptors (Lipinski definition) is 8. The molecular weight excluding hydrogens is 425 g/mol. The van der Waals surface area contributed by atoms with Crippen LogP contribution in [0.15, 0.2) is 35.3 Å². The van der Waals surface area contributed by atoms with E-state index >= 15 is 0 Å². The highest BCUT2D eigenvalue weighted by molar-refractivity contribution is 6.35. The molecule has 0 radical (unpaired) electrons. The molecule has 12 heteroatoms. The molecule has 1 atom stereocenters. The van der Waals surface area contributed by atoms with E-state index in [0.717, 1.165) is 12.8 Å². The Bertz CT molecular complexity index is 1350. The van der Waals surface area contributed by atoms with Gasteiger partial charge in [-0.1, -0.05) is 11.6 Å². The van der Waals surface area contributed by atoms with Crippen molar-refractivity contribution < 1.29 is 4.39 Å². The zero-order chi connectivity index (χ0) is 21.7. The van der Waals surface area contributed by atoms with Gasteiger partial charge in [-0.15, -0.1) is 0 Å². The molecule has 0 aliphatic heterocycles. The van der Waals surface area contributed by atoms with E-state index in [1.807, 2.05) is 0 Å². The summed E-state index contributed by atoms with van der Waals surface area (Å²) in [5.74, 6) is 0.694. The van der Waals surface area contributed by atoms with Crippen LogP contribution in [0.4, 0.5) is 22.0 Å². The van der Waals surface area contributed by atoms with Crippen molar-refractivity contribution >= 4 is 40.1 Å². The van der Waals surface area contributed by atoms with Crippen LogP contribution in [-0.2, 0) is 0 Å². The molecule has 10 nitrogen and oxygen atoms in total. The summed E-state index contributed by atoms with van der Waals surface area (Å²) in [6.45, 7) is 0. The first-order valence-corrected chi connectivity index (χ1v) is 9.87. The Morgan fingerprint density at radius 3 is 2.74 bits per heavy atom. The summed E-state index contributed by atoms with van der Waals surface area (Å²) in [4.78, 5) is 26.1. The summed E-state index contributed by atoms with van der Waals surface area (Å²) >= 11 is 6.29. The quantitative estimate of drug-likeness (QED) is 0.368. The molecule has 5 rings (SSSR count). The van der Waals surface area contributed by atoms with E-state index in [2.05, 4.69) is 25.5 Å². The average Bonchev–Trinajstić information content (AvgIpc) is 3.44. The number of nitrogen functional groups attached to an aromatic ring is 2. The lowest BCUT2D eigenvalue weighted by molar-refractivity contribution is 0.604. The maximum Gasteiger partial charge on any atom is 0.267 e. The smallest absolute Gasteiger partial charge is 0.267 e. The number of H-pyrrole nitrogens is 1. The number of anilines is 3. The van der Waals surface area contributed by atoms with Gasteiger partial charge in [0.25, 0.3) is 5.56 Å². The van der Waals surface area contributed by atoms with E-state index < -0.39 is 17.4 Å². The fraction of sp³-hybridized carbons (Fsp3) is 0.211. The lowest BCUT2D eigenvalue weighted by atomic mass is 10.1. The van der Waals surface area contributed by atoms with E-state index in [0.29, 0.717) is 17.2 Å². The van der Waals surface area contributed by atoms with Crippen LogP contribution in [0.3, 0.4) is 0 Å². The van der Waals surface area contributed by atoms with Crippen molar-refractivity contribution in [2.75, 3.05) is 16.8 Å². The highest BCUT2D eigenvalue weighted by atomic mass is 35.5. The monoisotopic (exact) mass is 441 g/mol. The Labute approximate surface area is 179 Å². The first-order valence-electron chi connectivity index (χ1n) is 9.49. The van der Waals surface area contributed by atoms with Gasteiger partial charge in [-0.2, -0.15) is 15.1 Å². The maximum absolute atomic E-state index is 13.8. The van der Waals surface area contributed by atoms with Crippen LogP contribution in [0.5, 0.6) is 0 Å². The van der Waals surface area contributed by atoms with E-state index in [1.165, 1.54) is 29.0 Å². The summed E-state index contributed by atoms with van der Waals surface area (Å²) in [7, 11) is 0. The molecule has 3 heterocycles. The van der Waals surface area contributed by atoms with E-state index in [9.17, 15) is 9.18 Å². The van der Waals surface area contributed by atoms with Gasteiger partial charge in [0.2, 0.25) is 5.95 Å². The Morgan fingerprint density at radius 2 is 2.03 bits per heavy atom. The predicted molar refractivity (Wildman–Crippen MR) is 114 cm³/mol. The first kappa shape index (κ1) is 19.2. The highest BCUT2D eigenvalue weighted by Gasteiger charge is 2.37. The van der Waals surface area contributed by atoms with Gasteiger partial charge in [-0.05, 0) is 37.0 Å². The number of benzene rings is 1. The molecule has 31 heavy (non-hydrogen) atoms. The molecule has 1 aliphatic carbocycles. The minimum absolute atomic E-state index is 0.0353. The van der Waals surface area contributed by atoms with Gasteiger partial charge in [0.05, 0.1) is 23.1 Å². The summed E-state index contributed by atoms with van der Waals surface area (Å²) in [6.07, 6.45) is 3.33. The highest BCUT2D eigenvalue weighted by Crippen LogP contribution is 2.43. The lowest BCUT2D eigenvalue weighted by Gasteiger charge is -2.23. The van der Waals surface area contributed by atoms with E-state index in [4.69, 9.17) is 28.1 Å². The Kier molecular flexibility index (Phi) is 4.47. The minimum Gasteiger partial charge on any atom is -0.382 e. The molecule has 1 aromatic carbocycles. The molecule has 0 bridgehead atoms. The van der Waals surface area contributed by atoms with Crippen molar-refractivity contribution in [1.29, 1.82) is 0 Å². The SMILES string of the molecule is Nc1nc(N)c(Cl)c(NC(c2nc3ccc(F)cc3c(=O)n2-c2ccn[nH]2)C2CC2)n1. The second kappa shape index (κ2) is 7.20. The summed E-state index contributed by atoms with van der Waals surface area (Å²) < 4.78 is 15.2. The van der Waals surface area contributed by atoms with Crippen LogP contribution < -0.4 is 22.3 Å². The van der Waals surface area contributed by atoms with E-state index in [1.54, 1.807) is 6.07 Å². The van der Waals surface area contributed by atoms with Crippen molar-refractivity contribution in [1.82, 2.24) is 29.7 Å². The molecule has 1 unspecified atom stereocenters. The van der Waals surface area contributed by atoms with Gasteiger partial charge in [-0.25, -0.2) is 13.9 Å². The van der Waals surface area contributed by atoms with Crippen LogP contribution in [-0.4, -0.2) is 29.7 Å². The molecule has 0 saturated heterocycles. The topological polar surface area (TPSA) is 153 Å². The lowest BCUT2D eigenvalue weighted by Crippen LogP contribution is -2.29. The standard InChI is InChI=1S/C19H17ClFN9O/c20-13-15(22)27-19(23)28-16(13)26-14(8-1-2-8)17-25-11-4-3-9(21)7-10(11)18(31)30(17)12-5-6-24-29-12/h3-8,14H,1-2H2,(H,24,29)(H5,22,23,26,27,28). The van der Waals surface area contributed by atoms with E-state index in [-0.39, 0.29) is 33.9 Å². The summed E-state index contributed by atoms with van der Waals surface area (Å²) in [6, 6.07) is 5.10. The minimum atomic E-state index is -0.522. The van der Waals surface area contributed by atoms with Crippen LogP contribution in [0.2, 0.25) is 5.02 Å². The third-order valence-corrected chi connectivity index (χ3v) is 5.51. The molecule has 1 fully saturated rings. The molecule has 6 N–H and O–H groups in total. The van der Waals surface area contributed by atoms with Crippen molar-refractivity contribution in [3.05, 3.63) is 57.5 Å². The molecule has 4 aromatic rings. The van der Waals surface area contributed by atoms with Crippen LogP contribution in [0.1, 0.15) is 24.7 Å². The number of rotatable bonds is 5. The molecular formula is C19H17ClFN9O. The van der Waals surface area contributed by atoms with Gasteiger partial charge < -0.3 is 16.8 Å². The summed E-state index contributed by atoms with van der Waals surface area (Å²) in [5, 5.41) is 10.2. The number of nitrogens with two attached hydrogens (primary N) is 2. The summed E-state index contributed by atoms with van der Waals surface area (Å²) in [5.41, 5.74) is 11.5. The largest absolute Gasteiger partial charge is 0.382 e. The zero-order valence-corrected chi connectivity index (χ0v) is 16.8. The van der Waals surface area contributed by atoms with Gasteiger partial charge in [0, 0.05) is 6.07 Å². The fourth-order valence-corrected chi connectivity index (χ4v) is 3.68. The average molecular weight is 442 g/mol. The van der Waals surface area contributed by atoms with Crippen LogP contribution in [0.25, 0.3) is 16.7 Å². The third kappa shape index (κ3) is 3.42. The second-order valence-electron chi connectivity index (χ2n) is 7.30. The predicted octanol–water partition coefficient (Wildman–Crippen LogP) is 2.42. The number of nitrogens with one attached hydrogen (secondary N) is 2. The number of fused-ring (bicyclic) bond motifs is 1. The third-order valence-electron chi connectivity index (χ3n) is 5.14. The number of hydrogen-bond donors (Lipinski definition) is 4. The molecule has 3 aromatic heterocycles. The second-order valence-corrected chi connectivity index (χ2v) is 7.68. The number of halogens is 2. The zero-order valence-electron chi connectivity index (χ0n) is 16.0. The normalized spacial score (nSPS) is 14.6.